The van der Waals surface area contributed by atoms with E-state index in [1.165, 1.54) is 24.8 Å². The minimum Gasteiger partial charge on any atom is -0.466 e. The van der Waals surface area contributed by atoms with E-state index in [0.717, 1.165) is 52.9 Å². The van der Waals surface area contributed by atoms with Gasteiger partial charge in [-0.05, 0) is 107 Å². The molecular weight excluding hydrogens is 619 g/mol. The van der Waals surface area contributed by atoms with E-state index in [-0.39, 0.29) is 23.9 Å². The first-order valence-corrected chi connectivity index (χ1v) is 18.3. The molecule has 5 aromatic rings. The zero-order chi connectivity index (χ0) is 35.0. The van der Waals surface area contributed by atoms with Crippen molar-refractivity contribution in [1.29, 1.82) is 0 Å². The highest BCUT2D eigenvalue weighted by molar-refractivity contribution is 6.02. The molecule has 1 heterocycles. The SMILES string of the molecule is CCOC(=O)CC(=O)Nc1cccc(-c2nc3cc(-c4ccccc4)ccc3n2C[C@@]2(C)CCC[C@]3(C)c4ccc(C(C)C)cc4CC[C@@H]23)c1. The van der Waals surface area contributed by atoms with Crippen LogP contribution >= 0.6 is 0 Å². The maximum Gasteiger partial charge on any atom is 0.315 e. The monoisotopic (exact) mass is 667 g/mol. The molecule has 0 spiro atoms. The summed E-state index contributed by atoms with van der Waals surface area (Å²) in [4.78, 5) is 30.0. The first-order chi connectivity index (χ1) is 24.1. The van der Waals surface area contributed by atoms with Gasteiger partial charge in [-0.25, -0.2) is 4.98 Å². The topological polar surface area (TPSA) is 73.2 Å². The third-order valence-corrected chi connectivity index (χ3v) is 11.6. The number of aryl methyl sites for hydroxylation is 1. The van der Waals surface area contributed by atoms with Crippen LogP contribution < -0.4 is 5.32 Å². The molecule has 0 unspecified atom stereocenters. The molecule has 2 aliphatic carbocycles. The second-order valence-corrected chi connectivity index (χ2v) is 15.3. The van der Waals surface area contributed by atoms with Gasteiger partial charge in [0.15, 0.2) is 0 Å². The summed E-state index contributed by atoms with van der Waals surface area (Å²) in [6.07, 6.45) is 5.56. The molecule has 50 heavy (non-hydrogen) atoms. The van der Waals surface area contributed by atoms with Crippen LogP contribution in [0.4, 0.5) is 5.69 Å². The van der Waals surface area contributed by atoms with Crippen molar-refractivity contribution in [2.45, 2.75) is 91.0 Å². The van der Waals surface area contributed by atoms with Gasteiger partial charge in [0, 0.05) is 17.8 Å². The number of esters is 1. The Bertz CT molecular complexity index is 2050. The normalized spacial score (nSPS) is 21.4. The number of imidazole rings is 1. The van der Waals surface area contributed by atoms with Crippen LogP contribution in [0.5, 0.6) is 0 Å². The van der Waals surface area contributed by atoms with E-state index >= 15 is 0 Å². The van der Waals surface area contributed by atoms with E-state index in [0.29, 0.717) is 17.5 Å². The van der Waals surface area contributed by atoms with Gasteiger partial charge in [0.2, 0.25) is 5.91 Å². The van der Waals surface area contributed by atoms with Crippen LogP contribution in [0, 0.1) is 11.3 Å². The first-order valence-electron chi connectivity index (χ1n) is 18.3. The third-order valence-electron chi connectivity index (χ3n) is 11.6. The highest BCUT2D eigenvalue weighted by Crippen LogP contribution is 2.58. The van der Waals surface area contributed by atoms with E-state index in [1.807, 2.05) is 24.3 Å². The fourth-order valence-corrected chi connectivity index (χ4v) is 9.16. The maximum absolute atomic E-state index is 12.7. The highest BCUT2D eigenvalue weighted by atomic mass is 16.5. The molecule has 6 nitrogen and oxygen atoms in total. The zero-order valence-electron chi connectivity index (χ0n) is 30.1. The van der Waals surface area contributed by atoms with Crippen molar-refractivity contribution in [1.82, 2.24) is 9.55 Å². The van der Waals surface area contributed by atoms with Gasteiger partial charge in [0.1, 0.15) is 12.2 Å². The number of nitrogens with zero attached hydrogens (tertiary/aromatic N) is 2. The average molecular weight is 668 g/mol. The molecule has 0 bridgehead atoms. The Kier molecular flexibility index (Phi) is 9.15. The molecule has 0 radical (unpaired) electrons. The largest absolute Gasteiger partial charge is 0.466 e. The predicted molar refractivity (Wildman–Crippen MR) is 202 cm³/mol. The van der Waals surface area contributed by atoms with E-state index in [1.54, 1.807) is 18.1 Å². The van der Waals surface area contributed by atoms with E-state index in [9.17, 15) is 9.59 Å². The van der Waals surface area contributed by atoms with E-state index in [2.05, 4.69) is 104 Å². The fraction of sp³-hybridized carbons (Fsp3) is 0.386. The summed E-state index contributed by atoms with van der Waals surface area (Å²) in [6, 6.07) is 32.2. The Morgan fingerprint density at radius 3 is 2.50 bits per heavy atom. The second-order valence-electron chi connectivity index (χ2n) is 15.3. The van der Waals surface area contributed by atoms with Crippen LogP contribution in [-0.4, -0.2) is 28.0 Å². The van der Waals surface area contributed by atoms with Gasteiger partial charge >= 0.3 is 5.97 Å². The summed E-state index contributed by atoms with van der Waals surface area (Å²) in [5, 5.41) is 2.90. The summed E-state index contributed by atoms with van der Waals surface area (Å²) >= 11 is 0. The number of carbonyl (C=O) groups is 2. The van der Waals surface area contributed by atoms with Crippen LogP contribution in [0.1, 0.15) is 89.3 Å². The number of fused-ring (bicyclic) bond motifs is 4. The van der Waals surface area contributed by atoms with Gasteiger partial charge < -0.3 is 14.6 Å². The average Bonchev–Trinajstić information content (AvgIpc) is 3.45. The lowest BCUT2D eigenvalue weighted by atomic mass is 9.49. The van der Waals surface area contributed by atoms with Gasteiger partial charge in [-0.3, -0.25) is 9.59 Å². The first kappa shape index (κ1) is 33.8. The quantitative estimate of drug-likeness (QED) is 0.125. The molecular formula is C44H49N3O3. The third kappa shape index (κ3) is 6.36. The molecule has 1 aromatic heterocycles. The Morgan fingerprint density at radius 1 is 0.920 bits per heavy atom. The van der Waals surface area contributed by atoms with Gasteiger partial charge in [-0.1, -0.05) is 101 Å². The lowest BCUT2D eigenvalue weighted by molar-refractivity contribution is -0.145. The van der Waals surface area contributed by atoms with Crippen molar-refractivity contribution in [3.63, 3.8) is 0 Å². The predicted octanol–water partition coefficient (Wildman–Crippen LogP) is 10.1. The molecule has 258 valence electrons. The molecule has 3 atom stereocenters. The Balaban J connectivity index is 1.28. The molecule has 1 amide bonds. The van der Waals surface area contributed by atoms with Crippen molar-refractivity contribution in [3.05, 3.63) is 108 Å². The van der Waals surface area contributed by atoms with E-state index in [4.69, 9.17) is 9.72 Å². The Morgan fingerprint density at radius 2 is 1.72 bits per heavy atom. The smallest absolute Gasteiger partial charge is 0.315 e. The summed E-state index contributed by atoms with van der Waals surface area (Å²) in [5.74, 6) is 1.02. The number of anilines is 1. The minimum absolute atomic E-state index is 0.0490. The lowest BCUT2D eigenvalue weighted by Gasteiger charge is -2.56. The molecule has 4 aromatic carbocycles. The highest BCUT2D eigenvalue weighted by Gasteiger charge is 2.52. The molecule has 7 rings (SSSR count). The van der Waals surface area contributed by atoms with Crippen molar-refractivity contribution in [2.24, 2.45) is 11.3 Å². The number of hydrogen-bond donors (Lipinski definition) is 1. The second kappa shape index (κ2) is 13.5. The summed E-state index contributed by atoms with van der Waals surface area (Å²) < 4.78 is 7.42. The minimum atomic E-state index is -0.532. The van der Waals surface area contributed by atoms with Crippen LogP contribution in [0.2, 0.25) is 0 Å². The summed E-state index contributed by atoms with van der Waals surface area (Å²) in [6.45, 7) is 12.5. The fourth-order valence-electron chi connectivity index (χ4n) is 9.16. The zero-order valence-corrected chi connectivity index (χ0v) is 30.1. The van der Waals surface area contributed by atoms with Crippen LogP contribution in [0.3, 0.4) is 0 Å². The molecule has 1 saturated carbocycles. The van der Waals surface area contributed by atoms with Gasteiger partial charge in [-0.2, -0.15) is 0 Å². The molecule has 6 heteroatoms. The number of benzene rings is 4. The molecule has 0 aliphatic heterocycles. The summed E-state index contributed by atoms with van der Waals surface area (Å²) in [5.41, 5.74) is 10.6. The van der Waals surface area contributed by atoms with E-state index < -0.39 is 11.9 Å². The Hall–Kier alpha value is -4.71. The van der Waals surface area contributed by atoms with Crippen molar-refractivity contribution in [2.75, 3.05) is 11.9 Å². The van der Waals surface area contributed by atoms with Crippen LogP contribution in [0.15, 0.2) is 91.0 Å². The number of nitrogens with one attached hydrogen (secondary N) is 1. The molecule has 1 fully saturated rings. The summed E-state index contributed by atoms with van der Waals surface area (Å²) in [7, 11) is 0. The van der Waals surface area contributed by atoms with Gasteiger partial charge in [0.05, 0.1) is 17.6 Å². The van der Waals surface area contributed by atoms with Crippen LogP contribution in [0.25, 0.3) is 33.5 Å². The van der Waals surface area contributed by atoms with Crippen molar-refractivity contribution < 1.29 is 14.3 Å². The van der Waals surface area contributed by atoms with Crippen molar-refractivity contribution >= 4 is 28.6 Å². The number of rotatable bonds is 9. The van der Waals surface area contributed by atoms with Crippen molar-refractivity contribution in [3.8, 4) is 22.5 Å². The number of carbonyl (C=O) groups excluding carboxylic acids is 2. The Labute approximate surface area is 296 Å². The maximum atomic E-state index is 12.7. The molecule has 2 aliphatic rings. The molecule has 1 N–H and O–H groups in total. The standard InChI is InChI=1S/C44H49N3O3/c1-6-50-41(49)27-40(48)45-35-15-10-14-34(25-35)42-46-37-26-32(30-12-8-7-9-13-30)17-20-38(37)47(42)28-43(4)22-11-23-44(5)36-19-16-31(29(2)3)24-33(36)18-21-39(43)44/h7-10,12-17,19-20,24-26,29,39H,6,11,18,21-23,27-28H2,1-5H3,(H,45,48)/t39-,43+,44+/m0/s1. The van der Waals surface area contributed by atoms with Gasteiger partial charge in [-0.15, -0.1) is 0 Å². The molecule has 0 saturated heterocycles. The number of hydrogen-bond acceptors (Lipinski definition) is 4. The lowest BCUT2D eigenvalue weighted by Crippen LogP contribution is -2.50. The number of aromatic nitrogens is 2. The van der Waals surface area contributed by atoms with Crippen LogP contribution in [-0.2, 0) is 32.7 Å². The number of ether oxygens (including phenoxy) is 1. The van der Waals surface area contributed by atoms with Gasteiger partial charge in [0.25, 0.3) is 0 Å². The number of amides is 1.